The van der Waals surface area contributed by atoms with Crippen LogP contribution in [0.1, 0.15) is 5.56 Å². The summed E-state index contributed by atoms with van der Waals surface area (Å²) in [5.41, 5.74) is 2.65. The molecule has 0 aliphatic rings. The summed E-state index contributed by atoms with van der Waals surface area (Å²) in [6.07, 6.45) is 1.73. The van der Waals surface area contributed by atoms with Gasteiger partial charge in [0.15, 0.2) is 0 Å². The summed E-state index contributed by atoms with van der Waals surface area (Å²) in [4.78, 5) is 10.8. The van der Waals surface area contributed by atoms with E-state index in [0.29, 0.717) is 0 Å². The van der Waals surface area contributed by atoms with Crippen molar-refractivity contribution in [1.82, 2.24) is 9.78 Å². The molecule has 0 fully saturated rings. The molecule has 16 heavy (non-hydrogen) atoms. The topological polar surface area (TPSA) is 55.1 Å². The fraction of sp³-hybridized carbons (Fsp3) is 0.167. The number of carbonyl (C=O) groups is 1. The summed E-state index contributed by atoms with van der Waals surface area (Å²) >= 11 is 0. The maximum Gasteiger partial charge on any atom is 0.307 e. The Morgan fingerprint density at radius 2 is 2.12 bits per heavy atom. The lowest BCUT2D eigenvalue weighted by atomic mass is 10.0. The number of aromatic nitrogens is 2. The summed E-state index contributed by atoms with van der Waals surface area (Å²) in [7, 11) is 1.84. The van der Waals surface area contributed by atoms with Crippen LogP contribution in [0.4, 0.5) is 0 Å². The highest BCUT2D eigenvalue weighted by atomic mass is 16.4. The Balaban J connectivity index is 2.48. The third-order valence-electron chi connectivity index (χ3n) is 2.46. The highest BCUT2D eigenvalue weighted by Gasteiger charge is 2.10. The number of carboxylic acid groups (broad SMARTS) is 1. The van der Waals surface area contributed by atoms with Crippen LogP contribution < -0.4 is 0 Å². The first-order valence-electron chi connectivity index (χ1n) is 4.96. The zero-order valence-electron chi connectivity index (χ0n) is 8.92. The van der Waals surface area contributed by atoms with E-state index in [1.807, 2.05) is 37.4 Å². The molecular weight excluding hydrogens is 204 g/mol. The first-order valence-corrected chi connectivity index (χ1v) is 4.96. The van der Waals surface area contributed by atoms with Crippen molar-refractivity contribution in [3.8, 4) is 11.3 Å². The van der Waals surface area contributed by atoms with E-state index in [9.17, 15) is 4.79 Å². The van der Waals surface area contributed by atoms with Gasteiger partial charge in [-0.05, 0) is 11.6 Å². The van der Waals surface area contributed by atoms with Gasteiger partial charge < -0.3 is 5.11 Å². The van der Waals surface area contributed by atoms with Crippen molar-refractivity contribution in [1.29, 1.82) is 0 Å². The fourth-order valence-electron chi connectivity index (χ4n) is 1.73. The molecule has 0 radical (unpaired) electrons. The molecule has 1 N–H and O–H groups in total. The predicted octanol–water partition coefficient (Wildman–Crippen LogP) is 1.71. The van der Waals surface area contributed by atoms with Crippen LogP contribution in [0.2, 0.25) is 0 Å². The van der Waals surface area contributed by atoms with Gasteiger partial charge in [-0.1, -0.05) is 24.3 Å². The van der Waals surface area contributed by atoms with E-state index in [2.05, 4.69) is 5.10 Å². The number of hydrogen-bond acceptors (Lipinski definition) is 2. The number of benzene rings is 1. The summed E-state index contributed by atoms with van der Waals surface area (Å²) in [6, 6.07) is 9.36. The highest BCUT2D eigenvalue weighted by Crippen LogP contribution is 2.23. The van der Waals surface area contributed by atoms with Crippen LogP contribution in [0.3, 0.4) is 0 Å². The van der Waals surface area contributed by atoms with Crippen LogP contribution in [0.5, 0.6) is 0 Å². The molecule has 0 bridgehead atoms. The molecule has 0 saturated carbocycles. The average molecular weight is 216 g/mol. The Bertz CT molecular complexity index is 517. The number of hydrogen-bond donors (Lipinski definition) is 1. The number of aliphatic carboxylic acids is 1. The Labute approximate surface area is 93.1 Å². The number of carboxylic acids is 1. The van der Waals surface area contributed by atoms with E-state index in [-0.39, 0.29) is 6.42 Å². The summed E-state index contributed by atoms with van der Waals surface area (Å²) in [5.74, 6) is -0.824. The van der Waals surface area contributed by atoms with Gasteiger partial charge in [0.2, 0.25) is 0 Å². The van der Waals surface area contributed by atoms with Gasteiger partial charge in [-0.25, -0.2) is 0 Å². The maximum atomic E-state index is 10.8. The lowest BCUT2D eigenvalue weighted by Gasteiger charge is -2.07. The minimum Gasteiger partial charge on any atom is -0.481 e. The zero-order chi connectivity index (χ0) is 11.5. The van der Waals surface area contributed by atoms with Gasteiger partial charge in [0.1, 0.15) is 0 Å². The monoisotopic (exact) mass is 216 g/mol. The van der Waals surface area contributed by atoms with Crippen molar-refractivity contribution in [2.24, 2.45) is 7.05 Å². The van der Waals surface area contributed by atoms with Crippen LogP contribution in [-0.4, -0.2) is 20.9 Å². The molecule has 0 spiro atoms. The second-order valence-electron chi connectivity index (χ2n) is 3.57. The summed E-state index contributed by atoms with van der Waals surface area (Å²) < 4.78 is 1.74. The molecule has 0 amide bonds. The normalized spacial score (nSPS) is 10.3. The SMILES string of the molecule is Cn1nccc1-c1ccccc1CC(=O)O. The Morgan fingerprint density at radius 1 is 1.38 bits per heavy atom. The van der Waals surface area contributed by atoms with E-state index in [1.165, 1.54) is 0 Å². The summed E-state index contributed by atoms with van der Waals surface area (Å²) in [6.45, 7) is 0. The molecule has 0 saturated heterocycles. The lowest BCUT2D eigenvalue weighted by molar-refractivity contribution is -0.136. The summed E-state index contributed by atoms with van der Waals surface area (Å²) in [5, 5.41) is 12.9. The van der Waals surface area contributed by atoms with Gasteiger partial charge in [-0.2, -0.15) is 5.10 Å². The molecular formula is C12H12N2O2. The van der Waals surface area contributed by atoms with Crippen molar-refractivity contribution in [3.63, 3.8) is 0 Å². The maximum absolute atomic E-state index is 10.8. The van der Waals surface area contributed by atoms with Gasteiger partial charge in [0.25, 0.3) is 0 Å². The highest BCUT2D eigenvalue weighted by molar-refractivity contribution is 5.75. The van der Waals surface area contributed by atoms with Crippen LogP contribution >= 0.6 is 0 Å². The van der Waals surface area contributed by atoms with Crippen molar-refractivity contribution in [2.45, 2.75) is 6.42 Å². The van der Waals surface area contributed by atoms with Gasteiger partial charge in [0, 0.05) is 18.8 Å². The van der Waals surface area contributed by atoms with Gasteiger partial charge in [0.05, 0.1) is 12.1 Å². The Hall–Kier alpha value is -2.10. The zero-order valence-corrected chi connectivity index (χ0v) is 8.92. The molecule has 0 aliphatic heterocycles. The van der Waals surface area contributed by atoms with Crippen molar-refractivity contribution >= 4 is 5.97 Å². The van der Waals surface area contributed by atoms with Crippen LogP contribution in [0.25, 0.3) is 11.3 Å². The van der Waals surface area contributed by atoms with Gasteiger partial charge >= 0.3 is 5.97 Å². The van der Waals surface area contributed by atoms with Crippen LogP contribution in [0.15, 0.2) is 36.5 Å². The molecule has 2 rings (SSSR count). The third kappa shape index (κ3) is 1.95. The van der Waals surface area contributed by atoms with Crippen LogP contribution in [-0.2, 0) is 18.3 Å². The Kier molecular flexibility index (Phi) is 2.72. The molecule has 1 aromatic carbocycles. The van der Waals surface area contributed by atoms with Gasteiger partial charge in [-0.3, -0.25) is 9.48 Å². The van der Waals surface area contributed by atoms with Crippen molar-refractivity contribution in [2.75, 3.05) is 0 Å². The Morgan fingerprint density at radius 3 is 2.75 bits per heavy atom. The quantitative estimate of drug-likeness (QED) is 0.849. The molecule has 0 aliphatic carbocycles. The minimum absolute atomic E-state index is 0.0291. The fourth-order valence-corrected chi connectivity index (χ4v) is 1.73. The van der Waals surface area contributed by atoms with Crippen molar-refractivity contribution < 1.29 is 9.90 Å². The standard InChI is InChI=1S/C12H12N2O2/c1-14-11(6-7-13-14)10-5-3-2-4-9(10)8-12(15)16/h2-7H,8H2,1H3,(H,15,16). The first-order chi connectivity index (χ1) is 7.68. The molecule has 1 aromatic heterocycles. The smallest absolute Gasteiger partial charge is 0.307 e. The van der Waals surface area contributed by atoms with E-state index >= 15 is 0 Å². The average Bonchev–Trinajstić information content (AvgIpc) is 2.64. The number of nitrogens with zero attached hydrogens (tertiary/aromatic N) is 2. The van der Waals surface area contributed by atoms with E-state index in [0.717, 1.165) is 16.8 Å². The second-order valence-corrected chi connectivity index (χ2v) is 3.57. The number of aryl methyl sites for hydroxylation is 1. The van der Waals surface area contributed by atoms with Crippen molar-refractivity contribution in [3.05, 3.63) is 42.1 Å². The minimum atomic E-state index is -0.824. The second kappa shape index (κ2) is 4.18. The first kappa shape index (κ1) is 10.4. The number of rotatable bonds is 3. The van der Waals surface area contributed by atoms with E-state index < -0.39 is 5.97 Å². The molecule has 4 nitrogen and oxygen atoms in total. The molecule has 0 unspecified atom stereocenters. The van der Waals surface area contributed by atoms with E-state index in [1.54, 1.807) is 10.9 Å². The molecule has 2 aromatic rings. The molecule has 4 heteroatoms. The molecule has 82 valence electrons. The molecule has 0 atom stereocenters. The van der Waals surface area contributed by atoms with Gasteiger partial charge in [-0.15, -0.1) is 0 Å². The predicted molar refractivity (Wildman–Crippen MR) is 60.0 cm³/mol. The largest absolute Gasteiger partial charge is 0.481 e. The van der Waals surface area contributed by atoms with E-state index in [4.69, 9.17) is 5.11 Å². The lowest BCUT2D eigenvalue weighted by Crippen LogP contribution is -2.03. The third-order valence-corrected chi connectivity index (χ3v) is 2.46. The van der Waals surface area contributed by atoms with Crippen LogP contribution in [0, 0.1) is 0 Å². The molecule has 1 heterocycles.